The van der Waals surface area contributed by atoms with Gasteiger partial charge in [0.2, 0.25) is 0 Å². The summed E-state index contributed by atoms with van der Waals surface area (Å²) in [6.07, 6.45) is 0. The zero-order valence-electron chi connectivity index (χ0n) is 12.4. The second-order valence-electron chi connectivity index (χ2n) is 5.04. The summed E-state index contributed by atoms with van der Waals surface area (Å²) in [6, 6.07) is 5.41. The number of likely N-dealkylation sites (N-methyl/N-ethyl adjacent to an activating group) is 1. The van der Waals surface area contributed by atoms with Crippen molar-refractivity contribution in [3.8, 4) is 11.5 Å². The van der Waals surface area contributed by atoms with Gasteiger partial charge >= 0.3 is 0 Å². The summed E-state index contributed by atoms with van der Waals surface area (Å²) in [4.78, 5) is 17.0. The highest BCUT2D eigenvalue weighted by Gasteiger charge is 2.22. The van der Waals surface area contributed by atoms with Crippen LogP contribution < -0.4 is 9.47 Å². The van der Waals surface area contributed by atoms with E-state index in [1.165, 1.54) is 0 Å². The highest BCUT2D eigenvalue weighted by Crippen LogP contribution is 2.28. The van der Waals surface area contributed by atoms with E-state index in [2.05, 4.69) is 16.8 Å². The summed E-state index contributed by atoms with van der Waals surface area (Å²) in [5.41, 5.74) is 0.538. The minimum Gasteiger partial charge on any atom is -0.496 e. The summed E-state index contributed by atoms with van der Waals surface area (Å²) in [7, 11) is 5.24. The molecular formula is C15H22N2O3. The number of rotatable bonds is 5. The van der Waals surface area contributed by atoms with Gasteiger partial charge in [-0.15, -0.1) is 0 Å². The predicted octanol–water partition coefficient (Wildman–Crippen LogP) is 1.13. The third-order valence-electron chi connectivity index (χ3n) is 3.67. The molecule has 1 aromatic rings. The van der Waals surface area contributed by atoms with Crippen molar-refractivity contribution in [1.82, 2.24) is 9.80 Å². The molecule has 0 unspecified atom stereocenters. The Bertz CT molecular complexity index is 446. The number of piperazine rings is 1. The van der Waals surface area contributed by atoms with Crippen LogP contribution in [0, 0.1) is 0 Å². The van der Waals surface area contributed by atoms with E-state index in [9.17, 15) is 4.79 Å². The van der Waals surface area contributed by atoms with Crippen molar-refractivity contribution < 1.29 is 14.3 Å². The molecule has 1 saturated heterocycles. The molecule has 20 heavy (non-hydrogen) atoms. The van der Waals surface area contributed by atoms with Crippen LogP contribution in [0.15, 0.2) is 18.2 Å². The van der Waals surface area contributed by atoms with E-state index in [0.29, 0.717) is 23.6 Å². The number of Topliss-reactive ketones (excluding diaryl/α,β-unsaturated/α-hetero) is 1. The van der Waals surface area contributed by atoms with E-state index in [0.717, 1.165) is 26.2 Å². The van der Waals surface area contributed by atoms with Gasteiger partial charge in [-0.2, -0.15) is 0 Å². The predicted molar refractivity (Wildman–Crippen MR) is 77.8 cm³/mol. The normalized spacial score (nSPS) is 16.9. The summed E-state index contributed by atoms with van der Waals surface area (Å²) in [6.45, 7) is 4.23. The molecule has 0 aliphatic carbocycles. The van der Waals surface area contributed by atoms with Crippen LogP contribution in [-0.2, 0) is 0 Å². The third-order valence-corrected chi connectivity index (χ3v) is 3.67. The van der Waals surface area contributed by atoms with E-state index in [-0.39, 0.29) is 5.78 Å². The number of methoxy groups -OCH3 is 2. The van der Waals surface area contributed by atoms with Crippen molar-refractivity contribution in [1.29, 1.82) is 0 Å². The van der Waals surface area contributed by atoms with Crippen molar-refractivity contribution in [2.24, 2.45) is 0 Å². The van der Waals surface area contributed by atoms with Crippen molar-refractivity contribution in [3.63, 3.8) is 0 Å². The van der Waals surface area contributed by atoms with Gasteiger partial charge in [-0.25, -0.2) is 0 Å². The number of carbonyl (C=O) groups is 1. The van der Waals surface area contributed by atoms with Gasteiger partial charge in [-0.1, -0.05) is 6.07 Å². The van der Waals surface area contributed by atoms with Crippen LogP contribution in [0.25, 0.3) is 0 Å². The Kier molecular flexibility index (Phi) is 4.98. The summed E-state index contributed by atoms with van der Waals surface area (Å²) in [5.74, 6) is 1.19. The van der Waals surface area contributed by atoms with Crippen molar-refractivity contribution >= 4 is 5.78 Å². The number of ether oxygens (including phenoxy) is 2. The average molecular weight is 278 g/mol. The Balaban J connectivity index is 2.12. The van der Waals surface area contributed by atoms with Crippen LogP contribution in [-0.4, -0.2) is 69.6 Å². The molecule has 1 aliphatic rings. The highest BCUT2D eigenvalue weighted by molar-refractivity contribution is 6.02. The summed E-state index contributed by atoms with van der Waals surface area (Å²) in [5, 5.41) is 0. The number of benzene rings is 1. The molecule has 0 radical (unpaired) electrons. The molecule has 1 heterocycles. The Morgan fingerprint density at radius 1 is 1.10 bits per heavy atom. The SMILES string of the molecule is COc1cccc(OC)c1C(=O)CN1CCN(C)CC1. The van der Waals surface area contributed by atoms with Crippen molar-refractivity contribution in [2.45, 2.75) is 0 Å². The van der Waals surface area contributed by atoms with Gasteiger partial charge in [0.1, 0.15) is 17.1 Å². The van der Waals surface area contributed by atoms with E-state index in [4.69, 9.17) is 9.47 Å². The van der Waals surface area contributed by atoms with Crippen molar-refractivity contribution in [2.75, 3.05) is 54.0 Å². The summed E-state index contributed by atoms with van der Waals surface area (Å²) < 4.78 is 10.6. The number of hydrogen-bond acceptors (Lipinski definition) is 5. The first-order valence-corrected chi connectivity index (χ1v) is 6.80. The Morgan fingerprint density at radius 2 is 1.65 bits per heavy atom. The maximum atomic E-state index is 12.5. The molecule has 1 aromatic carbocycles. The molecule has 2 rings (SSSR count). The Morgan fingerprint density at radius 3 is 2.15 bits per heavy atom. The Labute approximate surface area is 120 Å². The van der Waals surface area contributed by atoms with E-state index >= 15 is 0 Å². The maximum Gasteiger partial charge on any atom is 0.184 e. The van der Waals surface area contributed by atoms with Crippen LogP contribution in [0.5, 0.6) is 11.5 Å². The lowest BCUT2D eigenvalue weighted by Gasteiger charge is -2.31. The first kappa shape index (κ1) is 14.8. The molecule has 0 saturated carbocycles. The van der Waals surface area contributed by atoms with Gasteiger partial charge in [-0.05, 0) is 19.2 Å². The van der Waals surface area contributed by atoms with Gasteiger partial charge < -0.3 is 14.4 Å². The van der Waals surface area contributed by atoms with E-state index in [1.54, 1.807) is 26.4 Å². The molecule has 5 heteroatoms. The Hall–Kier alpha value is -1.59. The lowest BCUT2D eigenvalue weighted by Crippen LogP contribution is -2.46. The fourth-order valence-corrected chi connectivity index (χ4v) is 2.41. The van der Waals surface area contributed by atoms with Crippen LogP contribution in [0.4, 0.5) is 0 Å². The smallest absolute Gasteiger partial charge is 0.184 e. The highest BCUT2D eigenvalue weighted by atomic mass is 16.5. The molecule has 0 amide bonds. The zero-order chi connectivity index (χ0) is 14.5. The maximum absolute atomic E-state index is 12.5. The quantitative estimate of drug-likeness (QED) is 0.755. The molecule has 0 bridgehead atoms. The molecule has 0 aromatic heterocycles. The van der Waals surface area contributed by atoms with Gasteiger partial charge in [0.25, 0.3) is 0 Å². The summed E-state index contributed by atoms with van der Waals surface area (Å²) >= 11 is 0. The zero-order valence-corrected chi connectivity index (χ0v) is 12.4. The molecule has 1 aliphatic heterocycles. The van der Waals surface area contributed by atoms with Gasteiger partial charge in [0.05, 0.1) is 20.8 Å². The molecule has 0 spiro atoms. The van der Waals surface area contributed by atoms with Gasteiger partial charge in [0, 0.05) is 26.2 Å². The van der Waals surface area contributed by atoms with Crippen LogP contribution in [0.3, 0.4) is 0 Å². The number of hydrogen-bond donors (Lipinski definition) is 0. The molecule has 0 N–H and O–H groups in total. The second-order valence-corrected chi connectivity index (χ2v) is 5.04. The molecular weight excluding hydrogens is 256 g/mol. The van der Waals surface area contributed by atoms with Crippen LogP contribution in [0.2, 0.25) is 0 Å². The standard InChI is InChI=1S/C15H22N2O3/c1-16-7-9-17(10-8-16)11-12(18)15-13(19-2)5-4-6-14(15)20-3/h4-6H,7-11H2,1-3H3. The third kappa shape index (κ3) is 3.29. The lowest BCUT2D eigenvalue weighted by atomic mass is 10.1. The monoisotopic (exact) mass is 278 g/mol. The fourth-order valence-electron chi connectivity index (χ4n) is 2.41. The van der Waals surface area contributed by atoms with E-state index < -0.39 is 0 Å². The van der Waals surface area contributed by atoms with Gasteiger partial charge in [0.15, 0.2) is 5.78 Å². The minimum atomic E-state index is 0.0452. The largest absolute Gasteiger partial charge is 0.496 e. The molecule has 5 nitrogen and oxygen atoms in total. The fraction of sp³-hybridized carbons (Fsp3) is 0.533. The topological polar surface area (TPSA) is 42.0 Å². The van der Waals surface area contributed by atoms with Crippen molar-refractivity contribution in [3.05, 3.63) is 23.8 Å². The number of carbonyl (C=O) groups excluding carboxylic acids is 1. The first-order chi connectivity index (χ1) is 9.65. The lowest BCUT2D eigenvalue weighted by molar-refractivity contribution is 0.0870. The number of nitrogens with zero attached hydrogens (tertiary/aromatic N) is 2. The first-order valence-electron chi connectivity index (χ1n) is 6.80. The minimum absolute atomic E-state index is 0.0452. The average Bonchev–Trinajstić information content (AvgIpc) is 2.48. The van der Waals surface area contributed by atoms with E-state index in [1.807, 2.05) is 6.07 Å². The molecule has 0 atom stereocenters. The number of ketones is 1. The van der Waals surface area contributed by atoms with Gasteiger partial charge in [-0.3, -0.25) is 9.69 Å². The second kappa shape index (κ2) is 6.72. The molecule has 1 fully saturated rings. The van der Waals surface area contributed by atoms with Crippen LogP contribution >= 0.6 is 0 Å². The van der Waals surface area contributed by atoms with Crippen LogP contribution in [0.1, 0.15) is 10.4 Å². The molecule has 110 valence electrons.